The molecule has 7 nitrogen and oxygen atoms in total. The Kier molecular flexibility index (Phi) is 7.42. The molecule has 4 rings (SSSR count). The zero-order valence-corrected chi connectivity index (χ0v) is 21.2. The lowest BCUT2D eigenvalue weighted by atomic mass is 9.91. The van der Waals surface area contributed by atoms with Gasteiger partial charge < -0.3 is 15.0 Å². The highest BCUT2D eigenvalue weighted by Gasteiger charge is 2.42. The van der Waals surface area contributed by atoms with Crippen LogP contribution in [0, 0.1) is 24.6 Å². The molecule has 3 heterocycles. The summed E-state index contributed by atoms with van der Waals surface area (Å²) >= 11 is 0. The quantitative estimate of drug-likeness (QED) is 0.502. The fourth-order valence-corrected chi connectivity index (χ4v) is 5.76. The maximum absolute atomic E-state index is 14.6. The summed E-state index contributed by atoms with van der Waals surface area (Å²) in [6, 6.07) is 4.70. The number of anilines is 3. The second kappa shape index (κ2) is 10.2. The summed E-state index contributed by atoms with van der Waals surface area (Å²) in [5.41, 5.74) is 1.04. The standard InChI is InChI=1S/C25H35FN4O3S/c1-16(2)9-10-33-14-18-11-19-5-6-20(12-18)30(19)25-17(3)24(27-15-28-25)29-23-8-7-21(13-22(23)26)34(4,31)32/h7-8,13,15-16,18-20H,5-6,9-12,14H2,1-4H3,(H,27,28,29). The second-order valence-corrected chi connectivity index (χ2v) is 12.1. The van der Waals surface area contributed by atoms with Crippen LogP contribution < -0.4 is 10.2 Å². The Hall–Kier alpha value is -2.26. The third kappa shape index (κ3) is 5.51. The number of sulfone groups is 1. The summed E-state index contributed by atoms with van der Waals surface area (Å²) in [5, 5.41) is 3.03. The molecule has 0 spiro atoms. The van der Waals surface area contributed by atoms with Gasteiger partial charge in [-0.3, -0.25) is 0 Å². The van der Waals surface area contributed by atoms with Gasteiger partial charge in [0.2, 0.25) is 0 Å². The number of aromatic nitrogens is 2. The number of rotatable bonds is 9. The summed E-state index contributed by atoms with van der Waals surface area (Å²) in [6.07, 6.45) is 8.12. The molecule has 2 unspecified atom stereocenters. The third-order valence-corrected chi connectivity index (χ3v) is 8.06. The van der Waals surface area contributed by atoms with Crippen LogP contribution in [0.3, 0.4) is 0 Å². The molecule has 2 saturated heterocycles. The molecule has 34 heavy (non-hydrogen) atoms. The van der Waals surface area contributed by atoms with E-state index in [9.17, 15) is 12.8 Å². The third-order valence-electron chi connectivity index (χ3n) is 6.95. The van der Waals surface area contributed by atoms with E-state index in [1.165, 1.54) is 18.5 Å². The minimum Gasteiger partial charge on any atom is -0.381 e. The molecular weight excluding hydrogens is 455 g/mol. The predicted molar refractivity (Wildman–Crippen MR) is 132 cm³/mol. The van der Waals surface area contributed by atoms with Gasteiger partial charge in [0.15, 0.2) is 9.84 Å². The van der Waals surface area contributed by atoms with E-state index in [1.54, 1.807) is 0 Å². The highest BCUT2D eigenvalue weighted by Crippen LogP contribution is 2.43. The van der Waals surface area contributed by atoms with E-state index in [2.05, 4.69) is 34.0 Å². The van der Waals surface area contributed by atoms with Gasteiger partial charge in [0.05, 0.1) is 10.6 Å². The molecule has 0 aliphatic carbocycles. The number of piperidine rings is 1. The Morgan fingerprint density at radius 2 is 1.91 bits per heavy atom. The highest BCUT2D eigenvalue weighted by molar-refractivity contribution is 7.90. The van der Waals surface area contributed by atoms with Crippen LogP contribution in [0.25, 0.3) is 0 Å². The zero-order chi connectivity index (χ0) is 24.5. The van der Waals surface area contributed by atoms with E-state index in [0.29, 0.717) is 29.7 Å². The lowest BCUT2D eigenvalue weighted by Crippen LogP contribution is -2.44. The first-order valence-corrected chi connectivity index (χ1v) is 14.0. The molecule has 9 heteroatoms. The number of fused-ring (bicyclic) bond motifs is 2. The number of ether oxygens (including phenoxy) is 1. The minimum atomic E-state index is -3.47. The van der Waals surface area contributed by atoms with Gasteiger partial charge in [0, 0.05) is 37.1 Å². The zero-order valence-electron chi connectivity index (χ0n) is 20.4. The molecule has 0 saturated carbocycles. The Bertz CT molecular complexity index is 1110. The first kappa shape index (κ1) is 24.9. The molecule has 0 amide bonds. The Labute approximate surface area is 202 Å². The van der Waals surface area contributed by atoms with Crippen molar-refractivity contribution in [1.82, 2.24) is 9.97 Å². The van der Waals surface area contributed by atoms with Gasteiger partial charge in [-0.2, -0.15) is 0 Å². The maximum Gasteiger partial charge on any atom is 0.175 e. The number of hydrogen-bond donors (Lipinski definition) is 1. The van der Waals surface area contributed by atoms with Crippen LogP contribution in [-0.4, -0.2) is 49.9 Å². The predicted octanol–water partition coefficient (Wildman–Crippen LogP) is 4.88. The van der Waals surface area contributed by atoms with Crippen LogP contribution in [0.2, 0.25) is 0 Å². The largest absolute Gasteiger partial charge is 0.381 e. The SMILES string of the molecule is Cc1c(Nc2ccc(S(C)(=O)=O)cc2F)ncnc1N1C2CCC1CC(COCCC(C)C)C2. The fraction of sp³-hybridized carbons (Fsp3) is 0.600. The monoisotopic (exact) mass is 490 g/mol. The summed E-state index contributed by atoms with van der Waals surface area (Å²) < 4.78 is 44.0. The lowest BCUT2D eigenvalue weighted by Gasteiger charge is -2.40. The molecule has 0 radical (unpaired) electrons. The molecule has 1 N–H and O–H groups in total. The van der Waals surface area contributed by atoms with Crippen LogP contribution in [0.15, 0.2) is 29.4 Å². The van der Waals surface area contributed by atoms with Crippen LogP contribution in [0.1, 0.15) is 51.5 Å². The van der Waals surface area contributed by atoms with Crippen molar-refractivity contribution in [3.05, 3.63) is 35.9 Å². The first-order valence-electron chi connectivity index (χ1n) is 12.1. The second-order valence-electron chi connectivity index (χ2n) is 10.1. The van der Waals surface area contributed by atoms with Crippen LogP contribution in [0.5, 0.6) is 0 Å². The van der Waals surface area contributed by atoms with E-state index in [0.717, 1.165) is 69.0 Å². The van der Waals surface area contributed by atoms with E-state index in [4.69, 9.17) is 4.74 Å². The van der Waals surface area contributed by atoms with E-state index >= 15 is 0 Å². The van der Waals surface area contributed by atoms with E-state index < -0.39 is 15.7 Å². The van der Waals surface area contributed by atoms with Gasteiger partial charge in [-0.05, 0) is 69.1 Å². The molecule has 2 aliphatic heterocycles. The molecule has 1 aromatic carbocycles. The van der Waals surface area contributed by atoms with Crippen molar-refractivity contribution in [2.24, 2.45) is 11.8 Å². The molecule has 2 aliphatic rings. The van der Waals surface area contributed by atoms with Crippen molar-refractivity contribution in [3.8, 4) is 0 Å². The fourth-order valence-electron chi connectivity index (χ4n) is 5.12. The molecule has 2 aromatic rings. The minimum absolute atomic E-state index is 0.0525. The summed E-state index contributed by atoms with van der Waals surface area (Å²) in [6.45, 7) is 8.03. The number of nitrogens with one attached hydrogen (secondary N) is 1. The van der Waals surface area contributed by atoms with Gasteiger partial charge >= 0.3 is 0 Å². The van der Waals surface area contributed by atoms with Crippen LogP contribution in [0.4, 0.5) is 21.7 Å². The van der Waals surface area contributed by atoms with E-state index in [1.807, 2.05) is 6.92 Å². The van der Waals surface area contributed by atoms with Gasteiger partial charge in [0.1, 0.15) is 23.8 Å². The Morgan fingerprint density at radius 1 is 1.21 bits per heavy atom. The molecule has 186 valence electrons. The van der Waals surface area contributed by atoms with Crippen molar-refractivity contribution < 1.29 is 17.5 Å². The first-order chi connectivity index (χ1) is 16.1. The average molecular weight is 491 g/mol. The smallest absolute Gasteiger partial charge is 0.175 e. The summed E-state index contributed by atoms with van der Waals surface area (Å²) in [5.74, 6) is 2.00. The van der Waals surface area contributed by atoms with Gasteiger partial charge in [-0.1, -0.05) is 13.8 Å². The number of nitrogens with zero attached hydrogens (tertiary/aromatic N) is 3. The molecule has 2 bridgehead atoms. The van der Waals surface area contributed by atoms with Crippen molar-refractivity contribution in [1.29, 1.82) is 0 Å². The summed E-state index contributed by atoms with van der Waals surface area (Å²) in [7, 11) is -3.47. The van der Waals surface area contributed by atoms with E-state index in [-0.39, 0.29) is 10.6 Å². The van der Waals surface area contributed by atoms with Crippen molar-refractivity contribution in [2.75, 3.05) is 29.7 Å². The van der Waals surface area contributed by atoms with Crippen LogP contribution in [-0.2, 0) is 14.6 Å². The maximum atomic E-state index is 14.6. The lowest BCUT2D eigenvalue weighted by molar-refractivity contribution is 0.0769. The normalized spacial score (nSPS) is 22.4. The summed E-state index contributed by atoms with van der Waals surface area (Å²) in [4.78, 5) is 11.3. The average Bonchev–Trinajstić information content (AvgIpc) is 3.02. The van der Waals surface area contributed by atoms with Crippen LogP contribution >= 0.6 is 0 Å². The van der Waals surface area contributed by atoms with Gasteiger partial charge in [0.25, 0.3) is 0 Å². The molecule has 2 fully saturated rings. The Balaban J connectivity index is 1.47. The van der Waals surface area contributed by atoms with Crippen molar-refractivity contribution in [3.63, 3.8) is 0 Å². The number of benzene rings is 1. The van der Waals surface area contributed by atoms with Crippen molar-refractivity contribution >= 4 is 27.2 Å². The number of halogens is 1. The Morgan fingerprint density at radius 3 is 2.53 bits per heavy atom. The highest BCUT2D eigenvalue weighted by atomic mass is 32.2. The van der Waals surface area contributed by atoms with Gasteiger partial charge in [-0.15, -0.1) is 0 Å². The molecule has 1 aromatic heterocycles. The van der Waals surface area contributed by atoms with Gasteiger partial charge in [-0.25, -0.2) is 22.8 Å². The molecular formula is C25H35FN4O3S. The van der Waals surface area contributed by atoms with Crippen molar-refractivity contribution in [2.45, 2.75) is 69.9 Å². The molecule has 2 atom stereocenters. The number of hydrogen-bond acceptors (Lipinski definition) is 7. The topological polar surface area (TPSA) is 84.4 Å².